The van der Waals surface area contributed by atoms with Gasteiger partial charge in [-0.2, -0.15) is 0 Å². The van der Waals surface area contributed by atoms with E-state index >= 15 is 0 Å². The van der Waals surface area contributed by atoms with Crippen molar-refractivity contribution in [2.24, 2.45) is 78.0 Å². The highest BCUT2D eigenvalue weighted by molar-refractivity contribution is 6.07. The maximum Gasteiger partial charge on any atom is 0.251 e. The van der Waals surface area contributed by atoms with Crippen LogP contribution >= 0.6 is 0 Å². The van der Waals surface area contributed by atoms with Gasteiger partial charge in [-0.15, -0.1) is 0 Å². The molecule has 0 saturated carbocycles. The minimum absolute atomic E-state index is 0.0108. The van der Waals surface area contributed by atoms with Gasteiger partial charge in [-0.25, -0.2) is 30.2 Å². The fourth-order valence-corrected chi connectivity index (χ4v) is 6.26. The van der Waals surface area contributed by atoms with Crippen LogP contribution in [0.4, 0.5) is 0 Å². The van der Waals surface area contributed by atoms with Crippen LogP contribution in [0.2, 0.25) is 0 Å². The molecular formula is C37H62N14O12. The van der Waals surface area contributed by atoms with Crippen molar-refractivity contribution in [3.8, 4) is 0 Å². The highest BCUT2D eigenvalue weighted by Crippen LogP contribution is 2.23. The average molecular weight is 895 g/mol. The number of rotatable bonds is 36. The normalized spacial score (nSPS) is 13.3. The fourth-order valence-electron chi connectivity index (χ4n) is 6.26. The summed E-state index contributed by atoms with van der Waals surface area (Å²) in [5.74, 6) is -9.53. The molecule has 14 N–H and O–H groups in total. The van der Waals surface area contributed by atoms with Crippen LogP contribution in [-0.4, -0.2) is 106 Å². The van der Waals surface area contributed by atoms with Crippen molar-refractivity contribution in [1.82, 2.24) is 10.9 Å². The summed E-state index contributed by atoms with van der Waals surface area (Å²) >= 11 is 0. The first-order chi connectivity index (χ1) is 29.5. The Balaban J connectivity index is 6.02. The zero-order chi connectivity index (χ0) is 48.1. The lowest BCUT2D eigenvalue weighted by atomic mass is 9.83. The maximum absolute atomic E-state index is 13.6. The number of aliphatic imine (C=N–C) groups is 4. The molecule has 0 amide bonds. The molecule has 63 heavy (non-hydrogen) atoms. The summed E-state index contributed by atoms with van der Waals surface area (Å²) in [4.78, 5) is 141. The minimum Gasteiger partial charge on any atom is -0.370 e. The molecule has 26 nitrogen and oxygen atoms in total. The Bertz CT molecular complexity index is 1760. The molecule has 0 spiro atoms. The summed E-state index contributed by atoms with van der Waals surface area (Å²) in [6.07, 6.45) is -2.19. The largest absolute Gasteiger partial charge is 0.370 e. The number of carbonyl (C=O) groups is 8. The Labute approximate surface area is 363 Å². The summed E-state index contributed by atoms with van der Waals surface area (Å²) < 4.78 is 0. The molecule has 0 aliphatic rings. The van der Waals surface area contributed by atoms with Gasteiger partial charge in [0.25, 0.3) is 11.9 Å². The van der Waals surface area contributed by atoms with E-state index in [2.05, 4.69) is 20.0 Å². The number of hydrazine groups is 2. The number of guanidine groups is 4. The number of nitrogens with one attached hydrogen (secondary N) is 2. The molecule has 0 fully saturated rings. The van der Waals surface area contributed by atoms with Crippen LogP contribution < -0.4 is 45.3 Å². The van der Waals surface area contributed by atoms with E-state index in [0.717, 1.165) is 0 Å². The third-order valence-electron chi connectivity index (χ3n) is 9.37. The first-order valence-electron chi connectivity index (χ1n) is 20.2. The van der Waals surface area contributed by atoms with Gasteiger partial charge in [-0.3, -0.25) is 48.3 Å². The molecule has 0 aliphatic heterocycles. The van der Waals surface area contributed by atoms with E-state index in [1.54, 1.807) is 17.8 Å². The summed E-state index contributed by atoms with van der Waals surface area (Å²) in [6.45, 7) is 3.00. The van der Waals surface area contributed by atoms with Crippen LogP contribution in [0.5, 0.6) is 0 Å². The smallest absolute Gasteiger partial charge is 0.251 e. The van der Waals surface area contributed by atoms with Gasteiger partial charge in [0.2, 0.25) is 0 Å². The van der Waals surface area contributed by atoms with E-state index in [4.69, 9.17) is 34.4 Å². The number of Topliss-reactive ketones (excluding diaryl/α,β-unsaturated/α-hetero) is 8. The molecular weight excluding hydrogens is 832 g/mol. The third kappa shape index (κ3) is 29.2. The second-order valence-corrected chi connectivity index (χ2v) is 14.9. The Morgan fingerprint density at radius 1 is 0.492 bits per heavy atom. The second kappa shape index (κ2) is 31.1. The van der Waals surface area contributed by atoms with Crippen molar-refractivity contribution in [1.29, 1.82) is 0 Å². The van der Waals surface area contributed by atoms with Crippen LogP contribution in [-0.2, 0) is 38.4 Å². The van der Waals surface area contributed by atoms with E-state index in [1.807, 2.05) is 0 Å². The molecule has 26 heteroatoms. The van der Waals surface area contributed by atoms with Crippen molar-refractivity contribution >= 4 is 70.1 Å². The monoisotopic (exact) mass is 894 g/mol. The van der Waals surface area contributed by atoms with Crippen molar-refractivity contribution in [3.05, 3.63) is 20.2 Å². The van der Waals surface area contributed by atoms with E-state index < -0.39 is 130 Å². The molecule has 0 aromatic carbocycles. The Kier molecular flexibility index (Phi) is 27.8. The van der Waals surface area contributed by atoms with Gasteiger partial charge in [0.05, 0.1) is 25.7 Å². The van der Waals surface area contributed by atoms with Crippen LogP contribution in [0, 0.1) is 43.9 Å². The molecule has 0 aromatic rings. The lowest BCUT2D eigenvalue weighted by Crippen LogP contribution is -2.36. The summed E-state index contributed by atoms with van der Waals surface area (Å²) in [5, 5.41) is 19.3. The molecule has 352 valence electrons. The van der Waals surface area contributed by atoms with Crippen LogP contribution in [0.3, 0.4) is 0 Å². The van der Waals surface area contributed by atoms with Crippen molar-refractivity contribution in [3.63, 3.8) is 0 Å². The van der Waals surface area contributed by atoms with Gasteiger partial charge in [0.15, 0.2) is 22.0 Å². The van der Waals surface area contributed by atoms with E-state index in [0.29, 0.717) is 6.42 Å². The lowest BCUT2D eigenvalue weighted by molar-refractivity contribution is -0.525. The average Bonchev–Trinajstić information content (AvgIpc) is 3.15. The second-order valence-electron chi connectivity index (χ2n) is 14.9. The molecule has 4 unspecified atom stereocenters. The number of nitrogens with zero attached hydrogens (tertiary/aromatic N) is 6. The lowest BCUT2D eigenvalue weighted by Gasteiger charge is -2.18. The topological polar surface area (TPSA) is 452 Å². The Hall–Kier alpha value is -6.76. The first kappa shape index (κ1) is 56.2. The molecule has 0 aliphatic carbocycles. The highest BCUT2D eigenvalue weighted by atomic mass is 16.7. The first-order valence-corrected chi connectivity index (χ1v) is 20.2. The number of hydrogen-bond acceptors (Lipinski definition) is 16. The number of hydrogen-bond donors (Lipinski definition) is 8. The Morgan fingerprint density at radius 2 is 0.810 bits per heavy atom. The van der Waals surface area contributed by atoms with Gasteiger partial charge >= 0.3 is 0 Å². The molecule has 0 aromatic heterocycles. The third-order valence-corrected chi connectivity index (χ3v) is 9.37. The number of nitrogens with two attached hydrogens (primary N) is 6. The summed E-state index contributed by atoms with van der Waals surface area (Å²) in [7, 11) is 0. The van der Waals surface area contributed by atoms with Gasteiger partial charge in [0, 0.05) is 69.1 Å². The van der Waals surface area contributed by atoms with Gasteiger partial charge in [-0.05, 0) is 58.3 Å². The van der Waals surface area contributed by atoms with E-state index in [9.17, 15) is 58.6 Å². The number of ketones is 8. The van der Waals surface area contributed by atoms with E-state index in [1.165, 1.54) is 6.92 Å². The zero-order valence-corrected chi connectivity index (χ0v) is 35.8. The van der Waals surface area contributed by atoms with Crippen LogP contribution in [0.15, 0.2) is 20.0 Å². The maximum atomic E-state index is 13.6. The summed E-state index contributed by atoms with van der Waals surface area (Å²) in [6, 6.07) is 0. The minimum atomic E-state index is -1.07. The Morgan fingerprint density at radius 3 is 1.14 bits per heavy atom. The molecule has 0 bridgehead atoms. The molecule has 0 heterocycles. The van der Waals surface area contributed by atoms with Crippen LogP contribution in [0.25, 0.3) is 0 Å². The van der Waals surface area contributed by atoms with Gasteiger partial charge in [-0.1, -0.05) is 17.8 Å². The number of carbonyl (C=O) groups excluding carboxylic acids is 8. The highest BCUT2D eigenvalue weighted by Gasteiger charge is 2.30. The zero-order valence-electron chi connectivity index (χ0n) is 35.8. The molecule has 0 rings (SSSR count). The van der Waals surface area contributed by atoms with Crippen molar-refractivity contribution in [2.45, 2.75) is 110 Å². The quantitative estimate of drug-likeness (QED) is 0.00898. The van der Waals surface area contributed by atoms with Crippen LogP contribution in [0.1, 0.15) is 110 Å². The predicted octanol–water partition coefficient (Wildman–Crippen LogP) is -1.37. The van der Waals surface area contributed by atoms with Crippen molar-refractivity contribution in [2.75, 3.05) is 26.2 Å². The van der Waals surface area contributed by atoms with Crippen molar-refractivity contribution < 1.29 is 48.4 Å². The SMILES string of the molecule is CC(=O)CC(=O)CC(CCCN=C(N)N)C(=O)CC(=O)C(CCCN=C(N)N)CC(=O)CC(=O)CC(CCCN=C(N)N[N+](=O)[O-])C(=O)CC(=O)C(C)CCCN=C(N)N[N+](=O)[O-]. The molecule has 4 atom stereocenters. The van der Waals surface area contributed by atoms with Gasteiger partial charge in [0.1, 0.15) is 46.3 Å². The molecule has 0 radical (unpaired) electrons. The standard InChI is InChI=1S/C37H62N14O12/c1-22(7-3-13-46-36(42)48-50(60)61)30(56)20-31(57)25(10-6-14-47-37(43)49-51(62)63)17-28(54)19-29(55)18-26(9-5-12-45-35(40)41)33(59)21-32(58)24(8-4-11-44-34(38)39)16-27(53)15-23(2)52/h22,24-26H,3-21H2,1-2H3,(H4,38,39,44)(H4,40,41,45)(H3,42,46,48)(H3,43,47,49). The predicted molar refractivity (Wildman–Crippen MR) is 229 cm³/mol. The van der Waals surface area contributed by atoms with E-state index in [-0.39, 0.29) is 89.5 Å². The molecule has 0 saturated heterocycles. The summed E-state index contributed by atoms with van der Waals surface area (Å²) in [5.41, 5.74) is 35.7. The number of nitro groups is 2. The van der Waals surface area contributed by atoms with Gasteiger partial charge < -0.3 is 34.4 Å². The fraction of sp³-hybridized carbons (Fsp3) is 0.676.